The zero-order valence-electron chi connectivity index (χ0n) is 16.1. The molecule has 28 heavy (non-hydrogen) atoms. The zero-order chi connectivity index (χ0) is 19.9. The van der Waals surface area contributed by atoms with E-state index < -0.39 is 0 Å². The molecule has 7 nitrogen and oxygen atoms in total. The summed E-state index contributed by atoms with van der Waals surface area (Å²) in [5.41, 5.74) is 1.59. The molecule has 0 atom stereocenters. The molecule has 7 heteroatoms. The summed E-state index contributed by atoms with van der Waals surface area (Å²) in [4.78, 5) is 25.9. The Hall–Kier alpha value is -3.22. The maximum atomic E-state index is 12.4. The minimum atomic E-state index is -0.271. The van der Waals surface area contributed by atoms with E-state index in [1.54, 1.807) is 25.3 Å². The number of hydrogen-bond acceptors (Lipinski definition) is 5. The number of amides is 2. The molecule has 0 radical (unpaired) electrons. The predicted molar refractivity (Wildman–Crippen MR) is 105 cm³/mol. The van der Waals surface area contributed by atoms with Gasteiger partial charge in [0.25, 0.3) is 0 Å². The number of anilines is 1. The van der Waals surface area contributed by atoms with Gasteiger partial charge >= 0.3 is 0 Å². The van der Waals surface area contributed by atoms with Crippen molar-refractivity contribution >= 4 is 17.5 Å². The van der Waals surface area contributed by atoms with Crippen molar-refractivity contribution in [2.24, 2.45) is 0 Å². The summed E-state index contributed by atoms with van der Waals surface area (Å²) in [5.74, 6) is 1.60. The monoisotopic (exact) mass is 384 g/mol. The average molecular weight is 384 g/mol. The van der Waals surface area contributed by atoms with Gasteiger partial charge in [-0.15, -0.1) is 0 Å². The minimum absolute atomic E-state index is 0.0288. The van der Waals surface area contributed by atoms with E-state index in [4.69, 9.17) is 14.2 Å². The molecule has 0 aromatic heterocycles. The largest absolute Gasteiger partial charge is 0.496 e. The Balaban J connectivity index is 1.59. The third-order valence-electron chi connectivity index (χ3n) is 4.45. The van der Waals surface area contributed by atoms with E-state index in [1.165, 1.54) is 11.8 Å². The van der Waals surface area contributed by atoms with E-state index in [1.807, 2.05) is 24.3 Å². The maximum Gasteiger partial charge on any atom is 0.243 e. The van der Waals surface area contributed by atoms with Crippen LogP contribution in [0.1, 0.15) is 12.5 Å². The molecule has 1 N–H and O–H groups in total. The molecule has 0 bridgehead atoms. The molecule has 1 heterocycles. The number of rotatable bonds is 7. The molecule has 2 amide bonds. The van der Waals surface area contributed by atoms with Gasteiger partial charge in [0.15, 0.2) is 11.5 Å². The van der Waals surface area contributed by atoms with E-state index in [2.05, 4.69) is 5.32 Å². The Morgan fingerprint density at radius 3 is 2.61 bits per heavy atom. The van der Waals surface area contributed by atoms with Gasteiger partial charge in [0.05, 0.1) is 13.7 Å². The van der Waals surface area contributed by atoms with Crippen molar-refractivity contribution in [1.82, 2.24) is 4.90 Å². The number of methoxy groups -OCH3 is 1. The second kappa shape index (κ2) is 9.12. The molecule has 0 unspecified atom stereocenters. The van der Waals surface area contributed by atoms with Gasteiger partial charge in [-0.1, -0.05) is 18.2 Å². The Kier molecular flexibility index (Phi) is 6.37. The van der Waals surface area contributed by atoms with Gasteiger partial charge < -0.3 is 24.4 Å². The number of benzene rings is 2. The number of carbonyl (C=O) groups is 2. The van der Waals surface area contributed by atoms with Crippen LogP contribution >= 0.6 is 0 Å². The summed E-state index contributed by atoms with van der Waals surface area (Å²) in [7, 11) is 1.61. The van der Waals surface area contributed by atoms with Crippen LogP contribution in [0.15, 0.2) is 42.5 Å². The van der Waals surface area contributed by atoms with Gasteiger partial charge in [0.1, 0.15) is 19.0 Å². The first-order chi connectivity index (χ1) is 13.6. The van der Waals surface area contributed by atoms with Crippen LogP contribution in [0.5, 0.6) is 17.2 Å². The predicted octanol–water partition coefficient (Wildman–Crippen LogP) is 2.50. The van der Waals surface area contributed by atoms with Crippen LogP contribution in [0.3, 0.4) is 0 Å². The van der Waals surface area contributed by atoms with E-state index in [-0.39, 0.29) is 18.4 Å². The summed E-state index contributed by atoms with van der Waals surface area (Å²) in [6, 6.07) is 12.9. The first kappa shape index (κ1) is 19.5. The van der Waals surface area contributed by atoms with Gasteiger partial charge in [-0.3, -0.25) is 9.59 Å². The van der Waals surface area contributed by atoms with Crippen LogP contribution in [0.4, 0.5) is 5.69 Å². The second-order valence-corrected chi connectivity index (χ2v) is 6.41. The highest BCUT2D eigenvalue weighted by Gasteiger charge is 2.16. The van der Waals surface area contributed by atoms with Crippen LogP contribution in [0.2, 0.25) is 0 Å². The van der Waals surface area contributed by atoms with Crippen LogP contribution < -0.4 is 19.5 Å². The molecular formula is C21H24N2O5. The van der Waals surface area contributed by atoms with E-state index in [9.17, 15) is 9.59 Å². The van der Waals surface area contributed by atoms with Crippen molar-refractivity contribution in [3.05, 3.63) is 48.0 Å². The van der Waals surface area contributed by atoms with Gasteiger partial charge in [-0.2, -0.15) is 0 Å². The van der Waals surface area contributed by atoms with Crippen LogP contribution in [0, 0.1) is 0 Å². The summed E-state index contributed by atoms with van der Waals surface area (Å²) in [5, 5.41) is 2.81. The normalized spacial score (nSPS) is 12.2. The zero-order valence-corrected chi connectivity index (χ0v) is 16.1. The molecular weight excluding hydrogens is 360 g/mol. The highest BCUT2D eigenvalue weighted by molar-refractivity contribution is 5.94. The Morgan fingerprint density at radius 1 is 1.11 bits per heavy atom. The van der Waals surface area contributed by atoms with Crippen LogP contribution in [-0.2, 0) is 16.0 Å². The number of ether oxygens (including phenoxy) is 3. The van der Waals surface area contributed by atoms with Crippen LogP contribution in [0.25, 0.3) is 0 Å². The molecule has 148 valence electrons. The molecule has 3 rings (SSSR count). The van der Waals surface area contributed by atoms with E-state index >= 15 is 0 Å². The SMILES string of the molecule is COc1ccccc1CCN(CC(=O)Nc1ccc2c(c1)OCCO2)C(C)=O. The lowest BCUT2D eigenvalue weighted by Crippen LogP contribution is -2.38. The molecule has 0 spiro atoms. The lowest BCUT2D eigenvalue weighted by molar-refractivity contribution is -0.132. The third kappa shape index (κ3) is 4.94. The summed E-state index contributed by atoms with van der Waals surface area (Å²) < 4.78 is 16.3. The smallest absolute Gasteiger partial charge is 0.243 e. The van der Waals surface area contributed by atoms with E-state index in [0.717, 1.165) is 11.3 Å². The van der Waals surface area contributed by atoms with Crippen LogP contribution in [-0.4, -0.2) is 50.1 Å². The van der Waals surface area contributed by atoms with Gasteiger partial charge in [0, 0.05) is 25.2 Å². The summed E-state index contributed by atoms with van der Waals surface area (Å²) in [6.45, 7) is 2.84. The van der Waals surface area contributed by atoms with Crippen molar-refractivity contribution in [3.8, 4) is 17.2 Å². The first-order valence-electron chi connectivity index (χ1n) is 9.13. The number of nitrogens with zero attached hydrogens (tertiary/aromatic N) is 1. The Bertz CT molecular complexity index is 852. The van der Waals surface area contributed by atoms with E-state index in [0.29, 0.717) is 43.4 Å². The quantitative estimate of drug-likeness (QED) is 0.794. The van der Waals surface area contributed by atoms with Gasteiger partial charge in [-0.25, -0.2) is 0 Å². The fraction of sp³-hybridized carbons (Fsp3) is 0.333. The molecule has 0 aliphatic carbocycles. The number of para-hydroxylation sites is 1. The molecule has 0 fully saturated rings. The topological polar surface area (TPSA) is 77.1 Å². The Morgan fingerprint density at radius 2 is 1.86 bits per heavy atom. The summed E-state index contributed by atoms with van der Waals surface area (Å²) in [6.07, 6.45) is 0.598. The van der Waals surface area contributed by atoms with Crippen molar-refractivity contribution in [3.63, 3.8) is 0 Å². The van der Waals surface area contributed by atoms with Crippen molar-refractivity contribution in [2.75, 3.05) is 38.7 Å². The lowest BCUT2D eigenvalue weighted by atomic mass is 10.1. The van der Waals surface area contributed by atoms with Crippen molar-refractivity contribution < 1.29 is 23.8 Å². The number of fused-ring (bicyclic) bond motifs is 1. The fourth-order valence-corrected chi connectivity index (χ4v) is 3.01. The lowest BCUT2D eigenvalue weighted by Gasteiger charge is -2.22. The second-order valence-electron chi connectivity index (χ2n) is 6.41. The van der Waals surface area contributed by atoms with Crippen molar-refractivity contribution in [1.29, 1.82) is 0 Å². The molecule has 2 aromatic rings. The maximum absolute atomic E-state index is 12.4. The van der Waals surface area contributed by atoms with Gasteiger partial charge in [0.2, 0.25) is 11.8 Å². The molecule has 2 aromatic carbocycles. The number of nitrogens with one attached hydrogen (secondary N) is 1. The highest BCUT2D eigenvalue weighted by atomic mass is 16.6. The first-order valence-corrected chi connectivity index (χ1v) is 9.13. The molecule has 0 saturated carbocycles. The Labute approximate surface area is 164 Å². The fourth-order valence-electron chi connectivity index (χ4n) is 3.01. The van der Waals surface area contributed by atoms with Crippen molar-refractivity contribution in [2.45, 2.75) is 13.3 Å². The summed E-state index contributed by atoms with van der Waals surface area (Å²) >= 11 is 0. The number of hydrogen-bond donors (Lipinski definition) is 1. The highest BCUT2D eigenvalue weighted by Crippen LogP contribution is 2.32. The van der Waals surface area contributed by atoms with Gasteiger partial charge in [-0.05, 0) is 30.2 Å². The standard InChI is InChI=1S/C21H24N2O5/c1-15(24)23(10-9-16-5-3-4-6-18(16)26-2)14-21(25)22-17-7-8-19-20(13-17)28-12-11-27-19/h3-8,13H,9-12,14H2,1-2H3,(H,22,25). The molecule has 0 saturated heterocycles. The minimum Gasteiger partial charge on any atom is -0.496 e. The molecule has 1 aliphatic rings. The molecule has 1 aliphatic heterocycles. The third-order valence-corrected chi connectivity index (χ3v) is 4.45. The average Bonchev–Trinajstić information content (AvgIpc) is 2.71. The number of carbonyl (C=O) groups excluding carboxylic acids is 2.